The minimum absolute atomic E-state index is 0.0524. The summed E-state index contributed by atoms with van der Waals surface area (Å²) in [6.07, 6.45) is 0. The van der Waals surface area contributed by atoms with Gasteiger partial charge >= 0.3 is 0 Å². The van der Waals surface area contributed by atoms with E-state index in [1.165, 1.54) is 0 Å². The summed E-state index contributed by atoms with van der Waals surface area (Å²) in [6.45, 7) is 5.06. The van der Waals surface area contributed by atoms with Crippen molar-refractivity contribution in [1.29, 1.82) is 0 Å². The van der Waals surface area contributed by atoms with E-state index in [2.05, 4.69) is 5.43 Å². The molecule has 0 fully saturated rings. The van der Waals surface area contributed by atoms with Crippen LogP contribution in [-0.2, 0) is 6.54 Å². The summed E-state index contributed by atoms with van der Waals surface area (Å²) in [5, 5.41) is 9.90. The van der Waals surface area contributed by atoms with E-state index < -0.39 is 0 Å². The lowest BCUT2D eigenvalue weighted by Crippen LogP contribution is -2.35. The maximum atomic E-state index is 12.1. The fourth-order valence-electron chi connectivity index (χ4n) is 2.36. The van der Waals surface area contributed by atoms with Crippen LogP contribution in [0.5, 0.6) is 0 Å². The highest BCUT2D eigenvalue weighted by molar-refractivity contribution is 6.07. The zero-order valence-electron chi connectivity index (χ0n) is 12.3. The van der Waals surface area contributed by atoms with Gasteiger partial charge in [0.15, 0.2) is 0 Å². The smallest absolute Gasteiger partial charge is 0.269 e. The Morgan fingerprint density at radius 1 is 1.43 bits per heavy atom. The third kappa shape index (κ3) is 3.24. The van der Waals surface area contributed by atoms with Crippen LogP contribution in [-0.4, -0.2) is 35.1 Å². The fraction of sp³-hybridized carbons (Fsp3) is 0.400. The summed E-state index contributed by atoms with van der Waals surface area (Å²) in [5.41, 5.74) is 3.27. The van der Waals surface area contributed by atoms with Gasteiger partial charge < -0.3 is 9.52 Å². The number of aliphatic hydroxyl groups is 1. The number of carbonyl (C=O) groups excluding carboxylic acids is 1. The Morgan fingerprint density at radius 2 is 2.14 bits per heavy atom. The number of hydrazine groups is 1. The average molecular weight is 291 g/mol. The average Bonchev–Trinajstić information content (AvgIpc) is 2.83. The van der Waals surface area contributed by atoms with Gasteiger partial charge in [0.1, 0.15) is 11.3 Å². The van der Waals surface area contributed by atoms with Gasteiger partial charge in [0.05, 0.1) is 18.7 Å². The minimum Gasteiger partial charge on any atom is -0.459 e. The lowest BCUT2D eigenvalue weighted by molar-refractivity contribution is 0.0949. The van der Waals surface area contributed by atoms with Crippen molar-refractivity contribution in [2.45, 2.75) is 26.4 Å². The van der Waals surface area contributed by atoms with Crippen LogP contribution in [0.2, 0.25) is 0 Å². The number of amides is 1. The molecule has 0 atom stereocenters. The Morgan fingerprint density at radius 3 is 2.76 bits per heavy atom. The highest BCUT2D eigenvalue weighted by atomic mass is 16.3. The second kappa shape index (κ2) is 6.71. The van der Waals surface area contributed by atoms with Crippen LogP contribution in [0.3, 0.4) is 0 Å². The van der Waals surface area contributed by atoms with Gasteiger partial charge in [-0.3, -0.25) is 15.1 Å². The molecule has 1 aromatic carbocycles. The first kappa shape index (κ1) is 15.5. The van der Waals surface area contributed by atoms with Crippen molar-refractivity contribution in [1.82, 2.24) is 10.3 Å². The number of nitrogens with two attached hydrogens (primary N) is 1. The van der Waals surface area contributed by atoms with Crippen molar-refractivity contribution in [2.75, 3.05) is 13.2 Å². The first-order valence-electron chi connectivity index (χ1n) is 6.94. The number of fused-ring (bicyclic) bond motifs is 1. The van der Waals surface area contributed by atoms with Gasteiger partial charge in [-0.2, -0.15) is 0 Å². The molecule has 6 heteroatoms. The molecule has 1 heterocycles. The third-order valence-corrected chi connectivity index (χ3v) is 3.49. The summed E-state index contributed by atoms with van der Waals surface area (Å²) in [7, 11) is 0. The molecule has 1 aromatic heterocycles. The Kier molecular flexibility index (Phi) is 4.95. The first-order valence-corrected chi connectivity index (χ1v) is 6.94. The molecule has 0 aliphatic carbocycles. The quantitative estimate of drug-likeness (QED) is 0.423. The number of hydrogen-bond donors (Lipinski definition) is 3. The van der Waals surface area contributed by atoms with E-state index in [-0.39, 0.29) is 18.6 Å². The van der Waals surface area contributed by atoms with Crippen LogP contribution < -0.4 is 11.3 Å². The van der Waals surface area contributed by atoms with E-state index in [0.29, 0.717) is 30.0 Å². The molecule has 21 heavy (non-hydrogen) atoms. The molecule has 2 rings (SSSR count). The normalized spacial score (nSPS) is 11.5. The number of carbonyl (C=O) groups is 1. The summed E-state index contributed by atoms with van der Waals surface area (Å²) in [5.74, 6) is 5.46. The molecular formula is C15H21N3O3. The molecule has 0 aliphatic rings. The van der Waals surface area contributed by atoms with Gasteiger partial charge in [-0.15, -0.1) is 0 Å². The molecule has 0 bridgehead atoms. The predicted molar refractivity (Wildman–Crippen MR) is 80.5 cm³/mol. The van der Waals surface area contributed by atoms with E-state index in [0.717, 1.165) is 5.39 Å². The molecular weight excluding hydrogens is 270 g/mol. The Bertz CT molecular complexity index is 622. The Hall–Kier alpha value is -1.89. The lowest BCUT2D eigenvalue weighted by Gasteiger charge is -2.24. The number of aliphatic hydroxyl groups excluding tert-OH is 1. The largest absolute Gasteiger partial charge is 0.459 e. The number of benzene rings is 1. The van der Waals surface area contributed by atoms with Gasteiger partial charge in [0.25, 0.3) is 5.91 Å². The first-order chi connectivity index (χ1) is 10.1. The van der Waals surface area contributed by atoms with Crippen LogP contribution in [0.1, 0.15) is 30.0 Å². The van der Waals surface area contributed by atoms with E-state index in [1.54, 1.807) is 0 Å². The van der Waals surface area contributed by atoms with Crippen LogP contribution in [0.15, 0.2) is 28.7 Å². The van der Waals surface area contributed by atoms with Gasteiger partial charge in [-0.25, -0.2) is 5.84 Å². The van der Waals surface area contributed by atoms with Gasteiger partial charge in [-0.1, -0.05) is 18.2 Å². The third-order valence-electron chi connectivity index (χ3n) is 3.49. The van der Waals surface area contributed by atoms with Crippen molar-refractivity contribution < 1.29 is 14.3 Å². The topological polar surface area (TPSA) is 91.7 Å². The SMILES string of the molecule is CC(C)N(CCO)Cc1oc2ccccc2c1C(=O)NN. The molecule has 4 N–H and O–H groups in total. The van der Waals surface area contributed by atoms with Crippen molar-refractivity contribution in [3.8, 4) is 0 Å². The summed E-state index contributed by atoms with van der Waals surface area (Å²) < 4.78 is 5.81. The van der Waals surface area contributed by atoms with E-state index in [9.17, 15) is 4.79 Å². The monoisotopic (exact) mass is 291 g/mol. The van der Waals surface area contributed by atoms with Gasteiger partial charge in [-0.05, 0) is 19.9 Å². The summed E-state index contributed by atoms with van der Waals surface area (Å²) in [6, 6.07) is 7.58. The van der Waals surface area contributed by atoms with Gasteiger partial charge in [0, 0.05) is 18.0 Å². The zero-order valence-corrected chi connectivity index (χ0v) is 12.3. The number of para-hydroxylation sites is 1. The second-order valence-corrected chi connectivity index (χ2v) is 5.16. The van der Waals surface area contributed by atoms with Crippen LogP contribution in [0.25, 0.3) is 11.0 Å². The zero-order chi connectivity index (χ0) is 15.4. The van der Waals surface area contributed by atoms with Crippen LogP contribution >= 0.6 is 0 Å². The highest BCUT2D eigenvalue weighted by Crippen LogP contribution is 2.27. The summed E-state index contributed by atoms with van der Waals surface area (Å²) >= 11 is 0. The molecule has 0 aliphatic heterocycles. The number of hydrogen-bond acceptors (Lipinski definition) is 5. The molecule has 0 unspecified atom stereocenters. The maximum Gasteiger partial charge on any atom is 0.269 e. The van der Waals surface area contributed by atoms with Crippen molar-refractivity contribution >= 4 is 16.9 Å². The minimum atomic E-state index is -0.373. The number of nitrogens with one attached hydrogen (secondary N) is 1. The standard InChI is InChI=1S/C15H21N3O3/c1-10(2)18(7-8-19)9-13-14(15(20)17-16)11-5-3-4-6-12(11)21-13/h3-6,10,19H,7-9,16H2,1-2H3,(H,17,20). The molecule has 0 radical (unpaired) electrons. The van der Waals surface area contributed by atoms with Crippen molar-refractivity contribution in [2.24, 2.45) is 5.84 Å². The number of nitrogen functional groups attached to an aromatic ring is 1. The molecule has 0 saturated carbocycles. The van der Waals surface area contributed by atoms with Crippen LogP contribution in [0.4, 0.5) is 0 Å². The molecule has 0 saturated heterocycles. The van der Waals surface area contributed by atoms with Crippen molar-refractivity contribution in [3.63, 3.8) is 0 Å². The maximum absolute atomic E-state index is 12.1. The fourth-order valence-corrected chi connectivity index (χ4v) is 2.36. The Labute approximate surface area is 123 Å². The van der Waals surface area contributed by atoms with Gasteiger partial charge in [0.2, 0.25) is 0 Å². The second-order valence-electron chi connectivity index (χ2n) is 5.16. The van der Waals surface area contributed by atoms with Crippen LogP contribution in [0, 0.1) is 0 Å². The number of nitrogens with zero attached hydrogens (tertiary/aromatic N) is 1. The van der Waals surface area contributed by atoms with E-state index in [1.807, 2.05) is 43.0 Å². The number of furan rings is 1. The molecule has 2 aromatic rings. The van der Waals surface area contributed by atoms with E-state index >= 15 is 0 Å². The highest BCUT2D eigenvalue weighted by Gasteiger charge is 2.22. The molecule has 0 spiro atoms. The molecule has 1 amide bonds. The van der Waals surface area contributed by atoms with Crippen molar-refractivity contribution in [3.05, 3.63) is 35.6 Å². The predicted octanol–water partition coefficient (Wildman–Crippen LogP) is 1.24. The molecule has 6 nitrogen and oxygen atoms in total. The number of rotatable bonds is 6. The molecule has 114 valence electrons. The summed E-state index contributed by atoms with van der Waals surface area (Å²) in [4.78, 5) is 14.1. The lowest BCUT2D eigenvalue weighted by atomic mass is 10.1. The van der Waals surface area contributed by atoms with E-state index in [4.69, 9.17) is 15.4 Å². The Balaban J connectivity index is 2.44.